The normalized spacial score (nSPS) is 11.1. The van der Waals surface area contributed by atoms with Crippen molar-refractivity contribution in [3.05, 3.63) is 72.8 Å². The van der Waals surface area contributed by atoms with Gasteiger partial charge in [0, 0.05) is 24.1 Å². The number of rotatable bonds is 2. The van der Waals surface area contributed by atoms with E-state index < -0.39 is 0 Å². The second kappa shape index (κ2) is 4.59. The fourth-order valence-electron chi connectivity index (χ4n) is 2.33. The molecule has 2 heterocycles. The molecule has 0 aliphatic rings. The summed E-state index contributed by atoms with van der Waals surface area (Å²) in [4.78, 5) is 4.35. The Morgan fingerprint density at radius 2 is 1.76 bits per heavy atom. The van der Waals surface area contributed by atoms with Crippen LogP contribution in [0.4, 0.5) is 4.39 Å². The van der Waals surface area contributed by atoms with Gasteiger partial charge in [-0.15, -0.1) is 0 Å². The highest BCUT2D eigenvalue weighted by atomic mass is 19.1. The molecule has 0 spiro atoms. The lowest BCUT2D eigenvalue weighted by molar-refractivity contribution is 0.593. The molecule has 0 amide bonds. The molecule has 102 valence electrons. The highest BCUT2D eigenvalue weighted by Gasteiger charge is 2.12. The van der Waals surface area contributed by atoms with Crippen LogP contribution in [-0.4, -0.2) is 9.55 Å². The van der Waals surface area contributed by atoms with Crippen molar-refractivity contribution in [1.29, 1.82) is 0 Å². The van der Waals surface area contributed by atoms with Crippen LogP contribution in [0.1, 0.15) is 0 Å². The summed E-state index contributed by atoms with van der Waals surface area (Å²) in [5, 5.41) is 0. The van der Waals surface area contributed by atoms with Crippen molar-refractivity contribution >= 4 is 11.1 Å². The first-order chi connectivity index (χ1) is 10.3. The van der Waals surface area contributed by atoms with Gasteiger partial charge in [-0.2, -0.15) is 0 Å². The molecular weight excluding hydrogens is 267 g/mol. The number of halogens is 1. The van der Waals surface area contributed by atoms with Gasteiger partial charge in [0.15, 0.2) is 5.58 Å². The quantitative estimate of drug-likeness (QED) is 0.543. The molecule has 0 N–H and O–H groups in total. The van der Waals surface area contributed by atoms with Gasteiger partial charge in [-0.25, -0.2) is 9.37 Å². The third kappa shape index (κ3) is 2.01. The maximum absolute atomic E-state index is 13.8. The molecule has 21 heavy (non-hydrogen) atoms. The van der Waals surface area contributed by atoms with E-state index in [1.54, 1.807) is 18.2 Å². The van der Waals surface area contributed by atoms with Crippen molar-refractivity contribution in [2.45, 2.75) is 0 Å². The van der Waals surface area contributed by atoms with E-state index in [0.29, 0.717) is 22.6 Å². The zero-order valence-electron chi connectivity index (χ0n) is 11.0. The number of hydrogen-bond acceptors (Lipinski definition) is 2. The summed E-state index contributed by atoms with van der Waals surface area (Å²) in [6.45, 7) is 0. The molecule has 2 aromatic heterocycles. The summed E-state index contributed by atoms with van der Waals surface area (Å²) in [7, 11) is 0. The summed E-state index contributed by atoms with van der Waals surface area (Å²) in [5.41, 5.74) is 2.70. The van der Waals surface area contributed by atoms with Crippen LogP contribution in [0.15, 0.2) is 71.4 Å². The number of oxazole rings is 1. The van der Waals surface area contributed by atoms with E-state index in [0.717, 1.165) is 5.69 Å². The number of fused-ring (bicyclic) bond motifs is 1. The van der Waals surface area contributed by atoms with Gasteiger partial charge < -0.3 is 8.98 Å². The van der Waals surface area contributed by atoms with Crippen LogP contribution < -0.4 is 0 Å². The van der Waals surface area contributed by atoms with E-state index in [1.165, 1.54) is 6.07 Å². The highest BCUT2D eigenvalue weighted by Crippen LogP contribution is 2.27. The monoisotopic (exact) mass is 278 g/mol. The van der Waals surface area contributed by atoms with Gasteiger partial charge in [0.25, 0.3) is 0 Å². The molecule has 4 heteroatoms. The SMILES string of the molecule is Fc1ccccc1-c1nc2ccc(-n3cccc3)cc2o1. The standard InChI is InChI=1S/C17H11FN2O/c18-14-6-2-1-5-13(14)17-19-15-8-7-12(11-16(15)21-17)20-9-3-4-10-20/h1-11H. The fourth-order valence-corrected chi connectivity index (χ4v) is 2.33. The summed E-state index contributed by atoms with van der Waals surface area (Å²) < 4.78 is 21.5. The molecule has 0 aliphatic heterocycles. The predicted molar refractivity (Wildman–Crippen MR) is 78.7 cm³/mol. The molecule has 0 atom stereocenters. The molecule has 4 aromatic rings. The average molecular weight is 278 g/mol. The Kier molecular flexibility index (Phi) is 2.60. The molecule has 0 unspecified atom stereocenters. The van der Waals surface area contributed by atoms with Gasteiger partial charge >= 0.3 is 0 Å². The molecule has 0 radical (unpaired) electrons. The van der Waals surface area contributed by atoms with Gasteiger partial charge in [-0.1, -0.05) is 12.1 Å². The molecule has 4 rings (SSSR count). The number of hydrogen-bond donors (Lipinski definition) is 0. The zero-order valence-corrected chi connectivity index (χ0v) is 11.0. The first kappa shape index (κ1) is 11.9. The maximum atomic E-state index is 13.8. The van der Waals surface area contributed by atoms with Crippen LogP contribution >= 0.6 is 0 Å². The Hall–Kier alpha value is -2.88. The Bertz CT molecular complexity index is 910. The molecule has 0 saturated carbocycles. The Balaban J connectivity index is 1.85. The van der Waals surface area contributed by atoms with Crippen molar-refractivity contribution < 1.29 is 8.81 Å². The second-order valence-electron chi connectivity index (χ2n) is 4.74. The van der Waals surface area contributed by atoms with Crippen LogP contribution in [0.5, 0.6) is 0 Å². The van der Waals surface area contributed by atoms with Crippen molar-refractivity contribution in [3.8, 4) is 17.1 Å². The minimum atomic E-state index is -0.338. The van der Waals surface area contributed by atoms with Gasteiger partial charge in [0.1, 0.15) is 11.3 Å². The van der Waals surface area contributed by atoms with Crippen LogP contribution in [0.3, 0.4) is 0 Å². The maximum Gasteiger partial charge on any atom is 0.230 e. The van der Waals surface area contributed by atoms with E-state index in [9.17, 15) is 4.39 Å². The third-order valence-corrected chi connectivity index (χ3v) is 3.38. The molecule has 3 nitrogen and oxygen atoms in total. The highest BCUT2D eigenvalue weighted by molar-refractivity contribution is 5.78. The summed E-state index contributed by atoms with van der Waals surface area (Å²) in [6.07, 6.45) is 3.91. The Morgan fingerprint density at radius 3 is 2.57 bits per heavy atom. The Morgan fingerprint density at radius 1 is 0.952 bits per heavy atom. The lowest BCUT2D eigenvalue weighted by Gasteiger charge is -2.00. The van der Waals surface area contributed by atoms with Crippen LogP contribution in [0.25, 0.3) is 28.2 Å². The Labute approximate surface area is 120 Å². The van der Waals surface area contributed by atoms with Gasteiger partial charge in [0.05, 0.1) is 5.56 Å². The second-order valence-corrected chi connectivity index (χ2v) is 4.74. The molecule has 0 saturated heterocycles. The summed E-state index contributed by atoms with van der Waals surface area (Å²) in [6, 6.07) is 16.1. The predicted octanol–water partition coefficient (Wildman–Crippen LogP) is 4.42. The smallest absolute Gasteiger partial charge is 0.230 e. The number of nitrogens with zero attached hydrogens (tertiary/aromatic N) is 2. The topological polar surface area (TPSA) is 31.0 Å². The van der Waals surface area contributed by atoms with E-state index in [2.05, 4.69) is 4.98 Å². The zero-order chi connectivity index (χ0) is 14.2. The van der Waals surface area contributed by atoms with Crippen LogP contribution in [-0.2, 0) is 0 Å². The fraction of sp³-hybridized carbons (Fsp3) is 0. The third-order valence-electron chi connectivity index (χ3n) is 3.38. The van der Waals surface area contributed by atoms with Crippen LogP contribution in [0, 0.1) is 5.82 Å². The summed E-state index contributed by atoms with van der Waals surface area (Å²) in [5.74, 6) is -0.0394. The molecule has 0 aliphatic carbocycles. The molecule has 2 aromatic carbocycles. The molecule has 0 fully saturated rings. The van der Waals surface area contributed by atoms with Crippen molar-refractivity contribution in [1.82, 2.24) is 9.55 Å². The number of benzene rings is 2. The largest absolute Gasteiger partial charge is 0.436 e. The molecule has 0 bridgehead atoms. The minimum Gasteiger partial charge on any atom is -0.436 e. The molecular formula is C17H11FN2O. The summed E-state index contributed by atoms with van der Waals surface area (Å²) >= 11 is 0. The first-order valence-electron chi connectivity index (χ1n) is 6.60. The number of aromatic nitrogens is 2. The first-order valence-corrected chi connectivity index (χ1v) is 6.60. The van der Waals surface area contributed by atoms with Gasteiger partial charge in [-0.3, -0.25) is 0 Å². The van der Waals surface area contributed by atoms with E-state index in [4.69, 9.17) is 4.42 Å². The van der Waals surface area contributed by atoms with Gasteiger partial charge in [-0.05, 0) is 36.4 Å². The van der Waals surface area contributed by atoms with Crippen LogP contribution in [0.2, 0.25) is 0 Å². The van der Waals surface area contributed by atoms with E-state index in [-0.39, 0.29) is 5.82 Å². The van der Waals surface area contributed by atoms with Crippen molar-refractivity contribution in [2.75, 3.05) is 0 Å². The minimum absolute atomic E-state index is 0.299. The van der Waals surface area contributed by atoms with E-state index in [1.807, 2.05) is 47.3 Å². The lowest BCUT2D eigenvalue weighted by atomic mass is 10.2. The van der Waals surface area contributed by atoms with E-state index >= 15 is 0 Å². The van der Waals surface area contributed by atoms with Crippen molar-refractivity contribution in [3.63, 3.8) is 0 Å². The van der Waals surface area contributed by atoms with Crippen molar-refractivity contribution in [2.24, 2.45) is 0 Å². The van der Waals surface area contributed by atoms with Gasteiger partial charge in [0.2, 0.25) is 5.89 Å². The lowest BCUT2D eigenvalue weighted by Crippen LogP contribution is -1.87. The average Bonchev–Trinajstić information content (AvgIpc) is 3.16.